The van der Waals surface area contributed by atoms with E-state index in [2.05, 4.69) is 0 Å². The lowest BCUT2D eigenvalue weighted by atomic mass is 10.00. The van der Waals surface area contributed by atoms with Gasteiger partial charge in [-0.1, -0.05) is 48.6 Å². The van der Waals surface area contributed by atoms with Crippen molar-refractivity contribution < 1.29 is 50.8 Å². The van der Waals surface area contributed by atoms with E-state index in [1.54, 1.807) is 42.5 Å². The van der Waals surface area contributed by atoms with E-state index in [0.717, 1.165) is 4.31 Å². The van der Waals surface area contributed by atoms with Gasteiger partial charge < -0.3 is 24.4 Å². The molecule has 0 unspecified atom stereocenters. The SMILES string of the molecule is COc1ccc(/C=C\c2cc(N(CC(=O)O)S(=O)(=O)c3ccc(OC)cc3)c3ccccc3c2N(CC(=O)O)S(=O)(=O)c2ccc(OC)cc2)cc1. The number of ether oxygens (including phenoxy) is 3. The number of benzene rings is 5. The van der Waals surface area contributed by atoms with Crippen LogP contribution in [0, 0.1) is 0 Å². The third kappa shape index (κ3) is 7.80. The van der Waals surface area contributed by atoms with Crippen molar-refractivity contribution >= 4 is 66.3 Å². The largest absolute Gasteiger partial charge is 0.497 e. The molecule has 0 heterocycles. The van der Waals surface area contributed by atoms with Crippen LogP contribution in [0.25, 0.3) is 22.9 Å². The second-order valence-electron chi connectivity index (χ2n) is 11.1. The summed E-state index contributed by atoms with van der Waals surface area (Å²) < 4.78 is 74.2. The summed E-state index contributed by atoms with van der Waals surface area (Å²) in [6.07, 6.45) is 3.12. The zero-order chi connectivity index (χ0) is 37.6. The fourth-order valence-electron chi connectivity index (χ4n) is 5.45. The number of sulfonamides is 2. The number of hydrogen-bond donors (Lipinski definition) is 2. The maximum atomic E-state index is 14.4. The minimum Gasteiger partial charge on any atom is -0.497 e. The molecular formula is C37H34N2O11S2. The monoisotopic (exact) mass is 746 g/mol. The topological polar surface area (TPSA) is 177 Å². The fraction of sp³-hybridized carbons (Fsp3) is 0.135. The zero-order valence-electron chi connectivity index (χ0n) is 28.2. The Bertz CT molecular complexity index is 2340. The standard InChI is InChI=1S/C37H34N2O11S2/c1-48-27-12-9-25(10-13-27)8-11-26-22-34(38(23-35(40)41)51(44,45)30-18-14-28(49-2)15-19-30)32-6-4-5-7-33(32)37(26)39(24-36(42)43)52(46,47)31-20-16-29(50-3)17-21-31/h4-22H,23-24H2,1-3H3,(H,40,41)(H,42,43)/b11-8-. The molecule has 0 aliphatic carbocycles. The summed E-state index contributed by atoms with van der Waals surface area (Å²) in [6.45, 7) is -2.01. The average Bonchev–Trinajstić information content (AvgIpc) is 3.15. The highest BCUT2D eigenvalue weighted by Crippen LogP contribution is 2.42. The Balaban J connectivity index is 1.84. The van der Waals surface area contributed by atoms with Crippen LogP contribution in [0.1, 0.15) is 11.1 Å². The zero-order valence-corrected chi connectivity index (χ0v) is 29.8. The Labute approximate surface area is 300 Å². The summed E-state index contributed by atoms with van der Waals surface area (Å²) in [4.78, 5) is 24.2. The third-order valence-electron chi connectivity index (χ3n) is 7.97. The predicted molar refractivity (Wildman–Crippen MR) is 196 cm³/mol. The molecule has 5 aromatic rings. The van der Waals surface area contributed by atoms with Gasteiger partial charge in [-0.3, -0.25) is 18.2 Å². The molecule has 0 aliphatic rings. The maximum Gasteiger partial charge on any atom is 0.324 e. The van der Waals surface area contributed by atoms with Gasteiger partial charge in [-0.25, -0.2) is 16.8 Å². The van der Waals surface area contributed by atoms with Crippen LogP contribution in [0.15, 0.2) is 113 Å². The van der Waals surface area contributed by atoms with E-state index in [4.69, 9.17) is 14.2 Å². The van der Waals surface area contributed by atoms with Crippen LogP contribution in [-0.2, 0) is 29.6 Å². The number of aliphatic carboxylic acids is 2. The number of carboxylic acid groups (broad SMARTS) is 2. The Morgan fingerprint density at radius 2 is 1.02 bits per heavy atom. The molecular weight excluding hydrogens is 713 g/mol. The number of hydrogen-bond acceptors (Lipinski definition) is 9. The number of carbonyl (C=O) groups is 2. The molecule has 0 atom stereocenters. The first-order valence-corrected chi connectivity index (χ1v) is 18.3. The summed E-state index contributed by atoms with van der Waals surface area (Å²) in [6, 6.07) is 25.1. The second-order valence-corrected chi connectivity index (χ2v) is 14.9. The van der Waals surface area contributed by atoms with Crippen molar-refractivity contribution in [2.24, 2.45) is 0 Å². The lowest BCUT2D eigenvalue weighted by Gasteiger charge is -2.30. The Hall–Kier alpha value is -6.06. The number of anilines is 2. The van der Waals surface area contributed by atoms with Gasteiger partial charge in [0.25, 0.3) is 20.0 Å². The molecule has 270 valence electrons. The highest BCUT2D eigenvalue weighted by atomic mass is 32.2. The van der Waals surface area contributed by atoms with Crippen LogP contribution >= 0.6 is 0 Å². The van der Waals surface area contributed by atoms with Crippen molar-refractivity contribution in [2.75, 3.05) is 43.0 Å². The fourth-order valence-corrected chi connectivity index (χ4v) is 8.34. The van der Waals surface area contributed by atoms with E-state index in [1.807, 2.05) is 0 Å². The minimum absolute atomic E-state index is 0.0724. The maximum absolute atomic E-state index is 14.4. The first-order chi connectivity index (χ1) is 24.8. The average molecular weight is 747 g/mol. The van der Waals surface area contributed by atoms with Crippen LogP contribution in [0.3, 0.4) is 0 Å². The van der Waals surface area contributed by atoms with E-state index < -0.39 is 45.1 Å². The molecule has 0 saturated heterocycles. The Kier molecular flexibility index (Phi) is 11.1. The second kappa shape index (κ2) is 15.4. The van der Waals surface area contributed by atoms with Gasteiger partial charge in [0.05, 0.1) is 42.5 Å². The van der Waals surface area contributed by atoms with E-state index in [1.165, 1.54) is 94.1 Å². The number of rotatable bonds is 15. The number of methoxy groups -OCH3 is 3. The van der Waals surface area contributed by atoms with Crippen LogP contribution < -0.4 is 22.8 Å². The van der Waals surface area contributed by atoms with Crippen LogP contribution in [0.4, 0.5) is 11.4 Å². The first kappa shape index (κ1) is 37.2. The van der Waals surface area contributed by atoms with Crippen molar-refractivity contribution in [3.8, 4) is 17.2 Å². The molecule has 0 fully saturated rings. The van der Waals surface area contributed by atoms with Crippen LogP contribution in [-0.4, -0.2) is 73.4 Å². The van der Waals surface area contributed by atoms with Gasteiger partial charge in [0.15, 0.2) is 0 Å². The van der Waals surface area contributed by atoms with E-state index in [-0.39, 0.29) is 37.5 Å². The molecule has 2 N–H and O–H groups in total. The molecule has 0 aromatic heterocycles. The summed E-state index contributed by atoms with van der Waals surface area (Å²) in [7, 11) is -4.83. The van der Waals surface area contributed by atoms with E-state index in [9.17, 15) is 36.6 Å². The molecule has 0 spiro atoms. The Morgan fingerprint density at radius 1 is 0.596 bits per heavy atom. The van der Waals surface area contributed by atoms with Gasteiger partial charge >= 0.3 is 11.9 Å². The van der Waals surface area contributed by atoms with Gasteiger partial charge in [0, 0.05) is 16.3 Å². The van der Waals surface area contributed by atoms with Gasteiger partial charge in [-0.05, 0) is 72.3 Å². The molecule has 0 saturated carbocycles. The van der Waals surface area contributed by atoms with Crippen molar-refractivity contribution in [1.82, 2.24) is 0 Å². The van der Waals surface area contributed by atoms with Gasteiger partial charge in [0.1, 0.15) is 30.3 Å². The molecule has 0 radical (unpaired) electrons. The lowest BCUT2D eigenvalue weighted by Crippen LogP contribution is -2.37. The molecule has 15 heteroatoms. The molecule has 0 amide bonds. The van der Waals surface area contributed by atoms with Crippen molar-refractivity contribution in [3.05, 3.63) is 114 Å². The molecule has 52 heavy (non-hydrogen) atoms. The summed E-state index contributed by atoms with van der Waals surface area (Å²) in [5.74, 6) is -1.60. The Morgan fingerprint density at radius 3 is 1.48 bits per heavy atom. The van der Waals surface area contributed by atoms with Crippen LogP contribution in [0.5, 0.6) is 17.2 Å². The van der Waals surface area contributed by atoms with Crippen molar-refractivity contribution in [3.63, 3.8) is 0 Å². The predicted octanol–water partition coefficient (Wildman–Crippen LogP) is 5.60. The molecule has 0 aliphatic heterocycles. The number of carboxylic acids is 2. The van der Waals surface area contributed by atoms with Gasteiger partial charge in [-0.15, -0.1) is 0 Å². The first-order valence-electron chi connectivity index (χ1n) is 15.4. The minimum atomic E-state index is -4.60. The van der Waals surface area contributed by atoms with Crippen molar-refractivity contribution in [1.29, 1.82) is 0 Å². The third-order valence-corrected chi connectivity index (χ3v) is 11.5. The number of nitrogens with zero attached hydrogens (tertiary/aromatic N) is 2. The highest BCUT2D eigenvalue weighted by Gasteiger charge is 2.34. The smallest absolute Gasteiger partial charge is 0.324 e. The molecule has 5 rings (SSSR count). The normalized spacial score (nSPS) is 11.7. The van der Waals surface area contributed by atoms with E-state index >= 15 is 0 Å². The highest BCUT2D eigenvalue weighted by molar-refractivity contribution is 7.93. The van der Waals surface area contributed by atoms with E-state index in [0.29, 0.717) is 27.1 Å². The quantitative estimate of drug-likeness (QED) is 0.128. The lowest BCUT2D eigenvalue weighted by molar-refractivity contribution is -0.136. The number of fused-ring (bicyclic) bond motifs is 1. The van der Waals surface area contributed by atoms with Gasteiger partial charge in [-0.2, -0.15) is 0 Å². The molecule has 0 bridgehead atoms. The molecule has 5 aromatic carbocycles. The van der Waals surface area contributed by atoms with Crippen LogP contribution in [0.2, 0.25) is 0 Å². The summed E-state index contributed by atoms with van der Waals surface area (Å²) in [5.41, 5.74) is 0.532. The van der Waals surface area contributed by atoms with Gasteiger partial charge in [0.2, 0.25) is 0 Å². The molecule has 13 nitrogen and oxygen atoms in total. The summed E-state index contributed by atoms with van der Waals surface area (Å²) >= 11 is 0. The van der Waals surface area contributed by atoms with Crippen molar-refractivity contribution in [2.45, 2.75) is 9.79 Å². The summed E-state index contributed by atoms with van der Waals surface area (Å²) in [5, 5.41) is 20.3.